The highest BCUT2D eigenvalue weighted by atomic mass is 32.2. The van der Waals surface area contributed by atoms with E-state index >= 15 is 0 Å². The van der Waals surface area contributed by atoms with Crippen LogP contribution in [0.3, 0.4) is 0 Å². The molecule has 2 aromatic carbocycles. The van der Waals surface area contributed by atoms with E-state index in [1.165, 1.54) is 12.1 Å². The summed E-state index contributed by atoms with van der Waals surface area (Å²) in [5, 5.41) is 0. The van der Waals surface area contributed by atoms with Gasteiger partial charge < -0.3 is 5.73 Å². The molecule has 0 saturated carbocycles. The van der Waals surface area contributed by atoms with Crippen LogP contribution in [0.1, 0.15) is 11.1 Å². The van der Waals surface area contributed by atoms with Crippen LogP contribution in [0.2, 0.25) is 0 Å². The highest BCUT2D eigenvalue weighted by Crippen LogP contribution is 2.20. The van der Waals surface area contributed by atoms with E-state index in [2.05, 4.69) is 0 Å². The first-order chi connectivity index (χ1) is 8.95. The van der Waals surface area contributed by atoms with E-state index in [0.29, 0.717) is 16.1 Å². The van der Waals surface area contributed by atoms with Crippen molar-refractivity contribution >= 4 is 16.5 Å². The molecule has 0 fully saturated rings. The van der Waals surface area contributed by atoms with Gasteiger partial charge in [-0.05, 0) is 42.3 Å². The summed E-state index contributed by atoms with van der Waals surface area (Å²) in [6, 6.07) is 8.27. The van der Waals surface area contributed by atoms with Crippen LogP contribution in [0, 0.1) is 18.6 Å². The topological polar surface area (TPSA) is 43.1 Å². The summed E-state index contributed by atoms with van der Waals surface area (Å²) in [5.74, 6) is -1.29. The Morgan fingerprint density at radius 1 is 1.11 bits per heavy atom. The summed E-state index contributed by atoms with van der Waals surface area (Å²) in [6.07, 6.45) is 0. The van der Waals surface area contributed by atoms with Crippen molar-refractivity contribution in [2.75, 3.05) is 5.73 Å². The third-order valence-corrected chi connectivity index (χ3v) is 4.20. The molecule has 100 valence electrons. The molecular formula is C14H13F2NOS. The maximum absolute atomic E-state index is 13.1. The van der Waals surface area contributed by atoms with Crippen LogP contribution in [0.4, 0.5) is 14.5 Å². The molecule has 0 spiro atoms. The molecule has 0 amide bonds. The normalized spacial score (nSPS) is 12.4. The molecule has 2 rings (SSSR count). The first-order valence-corrected chi connectivity index (χ1v) is 6.97. The van der Waals surface area contributed by atoms with Crippen molar-refractivity contribution in [2.24, 2.45) is 0 Å². The van der Waals surface area contributed by atoms with Gasteiger partial charge in [-0.2, -0.15) is 0 Å². The van der Waals surface area contributed by atoms with Crippen molar-refractivity contribution < 1.29 is 13.0 Å². The Morgan fingerprint density at radius 2 is 1.74 bits per heavy atom. The number of nitrogen functional groups attached to an aromatic ring is 1. The second-order valence-corrected chi connectivity index (χ2v) is 5.71. The standard InChI is InChI=1S/C14H13F2NOS/c1-9-2-3-13(17)7-14(9)19(18)8-10-4-11(15)6-12(16)5-10/h2-7H,8,17H2,1H3. The minimum Gasteiger partial charge on any atom is -0.399 e. The van der Waals surface area contributed by atoms with Crippen molar-refractivity contribution in [3.8, 4) is 0 Å². The zero-order valence-corrected chi connectivity index (χ0v) is 11.1. The van der Waals surface area contributed by atoms with Crippen molar-refractivity contribution in [3.05, 3.63) is 59.2 Å². The summed E-state index contributed by atoms with van der Waals surface area (Å²) in [5.41, 5.74) is 7.36. The predicted octanol–water partition coefficient (Wildman–Crippen LogP) is 3.16. The lowest BCUT2D eigenvalue weighted by Gasteiger charge is -2.07. The monoisotopic (exact) mass is 281 g/mol. The van der Waals surface area contributed by atoms with Gasteiger partial charge >= 0.3 is 0 Å². The van der Waals surface area contributed by atoms with Crippen LogP contribution in [0.15, 0.2) is 41.3 Å². The number of anilines is 1. The zero-order chi connectivity index (χ0) is 14.0. The molecule has 2 N–H and O–H groups in total. The molecular weight excluding hydrogens is 268 g/mol. The second-order valence-electron chi connectivity index (χ2n) is 4.29. The molecule has 0 radical (unpaired) electrons. The highest BCUT2D eigenvalue weighted by molar-refractivity contribution is 7.84. The van der Waals surface area contributed by atoms with Gasteiger partial charge in [0.15, 0.2) is 0 Å². The zero-order valence-electron chi connectivity index (χ0n) is 10.3. The van der Waals surface area contributed by atoms with E-state index in [1.807, 2.05) is 6.92 Å². The SMILES string of the molecule is Cc1ccc(N)cc1S(=O)Cc1cc(F)cc(F)c1. The molecule has 0 saturated heterocycles. The Labute approximate surface area is 112 Å². The van der Waals surface area contributed by atoms with Crippen LogP contribution >= 0.6 is 0 Å². The Kier molecular flexibility index (Phi) is 3.95. The summed E-state index contributed by atoms with van der Waals surface area (Å²) in [6.45, 7) is 1.82. The van der Waals surface area contributed by atoms with Crippen molar-refractivity contribution in [1.82, 2.24) is 0 Å². The smallest absolute Gasteiger partial charge is 0.126 e. The molecule has 0 bridgehead atoms. The molecule has 0 aliphatic carbocycles. The molecule has 5 heteroatoms. The second kappa shape index (κ2) is 5.48. The van der Waals surface area contributed by atoms with Gasteiger partial charge in [-0.15, -0.1) is 0 Å². The van der Waals surface area contributed by atoms with E-state index < -0.39 is 22.4 Å². The Morgan fingerprint density at radius 3 is 2.37 bits per heavy atom. The van der Waals surface area contributed by atoms with Gasteiger partial charge in [-0.25, -0.2) is 8.78 Å². The number of hydrogen-bond acceptors (Lipinski definition) is 2. The van der Waals surface area contributed by atoms with E-state index in [9.17, 15) is 13.0 Å². The van der Waals surface area contributed by atoms with Crippen molar-refractivity contribution in [3.63, 3.8) is 0 Å². The maximum atomic E-state index is 13.1. The molecule has 0 aromatic heterocycles. The van der Waals surface area contributed by atoms with Gasteiger partial charge in [0.25, 0.3) is 0 Å². The Balaban J connectivity index is 2.28. The molecule has 0 heterocycles. The van der Waals surface area contributed by atoms with Gasteiger partial charge in [-0.1, -0.05) is 6.07 Å². The first-order valence-electron chi connectivity index (χ1n) is 5.65. The quantitative estimate of drug-likeness (QED) is 0.878. The summed E-state index contributed by atoms with van der Waals surface area (Å²) >= 11 is 0. The van der Waals surface area contributed by atoms with Gasteiger partial charge in [0.05, 0.1) is 16.6 Å². The average molecular weight is 281 g/mol. The molecule has 1 atom stereocenters. The molecule has 2 nitrogen and oxygen atoms in total. The number of hydrogen-bond donors (Lipinski definition) is 1. The van der Waals surface area contributed by atoms with Crippen LogP contribution in [-0.4, -0.2) is 4.21 Å². The third-order valence-electron chi connectivity index (χ3n) is 2.68. The number of aryl methyl sites for hydroxylation is 1. The Hall–Kier alpha value is -1.75. The first kappa shape index (κ1) is 13.7. The summed E-state index contributed by atoms with van der Waals surface area (Å²) in [4.78, 5) is 0.588. The lowest BCUT2D eigenvalue weighted by molar-refractivity contribution is 0.581. The van der Waals surface area contributed by atoms with Crippen molar-refractivity contribution in [1.29, 1.82) is 0 Å². The maximum Gasteiger partial charge on any atom is 0.126 e. The molecule has 1 unspecified atom stereocenters. The van der Waals surface area contributed by atoms with Crippen LogP contribution in [-0.2, 0) is 16.6 Å². The lowest BCUT2D eigenvalue weighted by atomic mass is 10.2. The van der Waals surface area contributed by atoms with E-state index in [0.717, 1.165) is 11.6 Å². The molecule has 0 aliphatic heterocycles. The highest BCUT2D eigenvalue weighted by Gasteiger charge is 2.10. The fraction of sp³-hybridized carbons (Fsp3) is 0.143. The summed E-state index contributed by atoms with van der Waals surface area (Å²) in [7, 11) is -1.39. The number of nitrogens with two attached hydrogens (primary N) is 1. The Bertz CT molecular complexity index is 623. The van der Waals surface area contributed by atoms with Crippen LogP contribution in [0.25, 0.3) is 0 Å². The number of benzene rings is 2. The van der Waals surface area contributed by atoms with Crippen LogP contribution < -0.4 is 5.73 Å². The average Bonchev–Trinajstić information content (AvgIpc) is 2.30. The summed E-state index contributed by atoms with van der Waals surface area (Å²) < 4.78 is 38.4. The van der Waals surface area contributed by atoms with E-state index in [1.54, 1.807) is 18.2 Å². The molecule has 2 aromatic rings. The van der Waals surface area contributed by atoms with Crippen LogP contribution in [0.5, 0.6) is 0 Å². The predicted molar refractivity (Wildman–Crippen MR) is 72.1 cm³/mol. The minimum absolute atomic E-state index is 0.0545. The minimum atomic E-state index is -1.39. The largest absolute Gasteiger partial charge is 0.399 e. The number of halogens is 2. The molecule has 19 heavy (non-hydrogen) atoms. The van der Waals surface area contributed by atoms with E-state index in [4.69, 9.17) is 5.73 Å². The van der Waals surface area contributed by atoms with Gasteiger partial charge in [0.2, 0.25) is 0 Å². The fourth-order valence-corrected chi connectivity index (χ4v) is 3.10. The van der Waals surface area contributed by atoms with Crippen molar-refractivity contribution in [2.45, 2.75) is 17.6 Å². The fourth-order valence-electron chi connectivity index (χ4n) is 1.79. The lowest BCUT2D eigenvalue weighted by Crippen LogP contribution is -2.01. The number of rotatable bonds is 3. The third kappa shape index (κ3) is 3.38. The molecule has 0 aliphatic rings. The van der Waals surface area contributed by atoms with E-state index in [-0.39, 0.29) is 5.75 Å². The van der Waals surface area contributed by atoms with Gasteiger partial charge in [0.1, 0.15) is 11.6 Å². The van der Waals surface area contributed by atoms with Gasteiger partial charge in [0, 0.05) is 16.6 Å². The van der Waals surface area contributed by atoms with Gasteiger partial charge in [-0.3, -0.25) is 4.21 Å².